The lowest BCUT2D eigenvalue weighted by molar-refractivity contribution is -0.137. The van der Waals surface area contributed by atoms with Gasteiger partial charge >= 0.3 is 5.97 Å². The first-order valence-corrected chi connectivity index (χ1v) is 4.68. The molecule has 0 fully saturated rings. The van der Waals surface area contributed by atoms with Gasteiger partial charge in [0, 0.05) is 12.7 Å². The van der Waals surface area contributed by atoms with Gasteiger partial charge in [-0.05, 0) is 12.1 Å². The summed E-state index contributed by atoms with van der Waals surface area (Å²) < 4.78 is 0. The van der Waals surface area contributed by atoms with Gasteiger partial charge in [-0.15, -0.1) is 6.58 Å². The lowest BCUT2D eigenvalue weighted by atomic mass is 10.3. The van der Waals surface area contributed by atoms with Crippen molar-refractivity contribution in [1.29, 1.82) is 0 Å². The van der Waals surface area contributed by atoms with E-state index in [1.165, 1.54) is 12.3 Å². The summed E-state index contributed by atoms with van der Waals surface area (Å²) in [7, 11) is 0. The molecular formula is C11H12N2O3. The van der Waals surface area contributed by atoms with E-state index in [0.29, 0.717) is 0 Å². The first-order chi connectivity index (χ1) is 7.65. The van der Waals surface area contributed by atoms with Crippen molar-refractivity contribution in [3.63, 3.8) is 0 Å². The van der Waals surface area contributed by atoms with Crippen LogP contribution in [0.1, 0.15) is 10.5 Å². The summed E-state index contributed by atoms with van der Waals surface area (Å²) in [6.45, 7) is 3.30. The Labute approximate surface area is 93.0 Å². The first-order valence-electron chi connectivity index (χ1n) is 4.68. The highest BCUT2D eigenvalue weighted by molar-refractivity contribution is 5.94. The minimum atomic E-state index is -1.06. The van der Waals surface area contributed by atoms with Gasteiger partial charge < -0.3 is 10.0 Å². The summed E-state index contributed by atoms with van der Waals surface area (Å²) >= 11 is 0. The standard InChI is InChI=1S/C11H12N2O3/c1-2-7-13(8-10(14)15)11(16)9-5-3-4-6-12-9/h2-6H,1,7-8H2,(H,14,15). The SMILES string of the molecule is C=CCN(CC(=O)O)C(=O)c1ccccn1. The second-order valence-corrected chi connectivity index (χ2v) is 3.08. The van der Waals surface area contributed by atoms with Gasteiger partial charge in [0.15, 0.2) is 0 Å². The number of hydrogen-bond acceptors (Lipinski definition) is 3. The molecule has 0 bridgehead atoms. The molecule has 0 radical (unpaired) electrons. The maximum Gasteiger partial charge on any atom is 0.323 e. The highest BCUT2D eigenvalue weighted by Gasteiger charge is 2.17. The van der Waals surface area contributed by atoms with Crippen molar-refractivity contribution >= 4 is 11.9 Å². The molecule has 1 aromatic heterocycles. The van der Waals surface area contributed by atoms with Crippen LogP contribution in [0.4, 0.5) is 0 Å². The lowest BCUT2D eigenvalue weighted by Gasteiger charge is -2.17. The molecule has 84 valence electrons. The van der Waals surface area contributed by atoms with E-state index in [4.69, 9.17) is 5.11 Å². The Bertz CT molecular complexity index is 389. The van der Waals surface area contributed by atoms with Crippen LogP contribution in [0.15, 0.2) is 37.1 Å². The normalized spacial score (nSPS) is 9.50. The smallest absolute Gasteiger partial charge is 0.323 e. The van der Waals surface area contributed by atoms with Gasteiger partial charge in [-0.1, -0.05) is 12.1 Å². The zero-order chi connectivity index (χ0) is 12.0. The topological polar surface area (TPSA) is 70.5 Å². The molecule has 0 unspecified atom stereocenters. The van der Waals surface area contributed by atoms with Gasteiger partial charge in [-0.3, -0.25) is 14.6 Å². The molecule has 0 saturated heterocycles. The largest absolute Gasteiger partial charge is 0.480 e. The molecule has 5 nitrogen and oxygen atoms in total. The van der Waals surface area contributed by atoms with E-state index >= 15 is 0 Å². The summed E-state index contributed by atoms with van der Waals surface area (Å²) in [5.41, 5.74) is 0.227. The van der Waals surface area contributed by atoms with Crippen molar-refractivity contribution in [2.24, 2.45) is 0 Å². The van der Waals surface area contributed by atoms with Crippen molar-refractivity contribution in [2.75, 3.05) is 13.1 Å². The second-order valence-electron chi connectivity index (χ2n) is 3.08. The molecule has 0 aliphatic carbocycles. The maximum absolute atomic E-state index is 11.8. The van der Waals surface area contributed by atoms with Gasteiger partial charge in [-0.25, -0.2) is 0 Å². The molecular weight excluding hydrogens is 208 g/mol. The van der Waals surface area contributed by atoms with E-state index in [1.807, 2.05) is 0 Å². The zero-order valence-electron chi connectivity index (χ0n) is 8.67. The maximum atomic E-state index is 11.8. The fourth-order valence-electron chi connectivity index (χ4n) is 1.19. The summed E-state index contributed by atoms with van der Waals surface area (Å²) in [5.74, 6) is -1.48. The van der Waals surface area contributed by atoms with Crippen LogP contribution in [-0.2, 0) is 4.79 Å². The third kappa shape index (κ3) is 3.20. The summed E-state index contributed by atoms with van der Waals surface area (Å²) in [6, 6.07) is 4.90. The van der Waals surface area contributed by atoms with E-state index in [-0.39, 0.29) is 18.8 Å². The molecule has 0 aliphatic heterocycles. The summed E-state index contributed by atoms with van der Waals surface area (Å²) in [6.07, 6.45) is 2.96. The van der Waals surface area contributed by atoms with Crippen LogP contribution in [0.5, 0.6) is 0 Å². The van der Waals surface area contributed by atoms with E-state index in [0.717, 1.165) is 4.90 Å². The van der Waals surface area contributed by atoms with E-state index in [1.54, 1.807) is 18.2 Å². The van der Waals surface area contributed by atoms with Crippen LogP contribution in [0, 0.1) is 0 Å². The minimum Gasteiger partial charge on any atom is -0.480 e. The van der Waals surface area contributed by atoms with Crippen LogP contribution < -0.4 is 0 Å². The number of carboxylic acid groups (broad SMARTS) is 1. The molecule has 0 saturated carbocycles. The minimum absolute atomic E-state index is 0.182. The Morgan fingerprint density at radius 2 is 2.25 bits per heavy atom. The van der Waals surface area contributed by atoms with Crippen molar-refractivity contribution in [3.8, 4) is 0 Å². The third-order valence-electron chi connectivity index (χ3n) is 1.85. The Hall–Kier alpha value is -2.17. The average Bonchev–Trinajstić information content (AvgIpc) is 2.28. The molecule has 0 spiro atoms. The Kier molecular flexibility index (Phi) is 4.20. The van der Waals surface area contributed by atoms with Crippen LogP contribution in [0.3, 0.4) is 0 Å². The number of nitrogens with zero attached hydrogens (tertiary/aromatic N) is 2. The van der Waals surface area contributed by atoms with Crippen LogP contribution in [-0.4, -0.2) is 40.0 Å². The average molecular weight is 220 g/mol. The van der Waals surface area contributed by atoms with Crippen molar-refractivity contribution in [2.45, 2.75) is 0 Å². The van der Waals surface area contributed by atoms with Crippen molar-refractivity contribution in [3.05, 3.63) is 42.7 Å². The number of pyridine rings is 1. The monoisotopic (exact) mass is 220 g/mol. The predicted molar refractivity (Wildman–Crippen MR) is 58.0 cm³/mol. The molecule has 5 heteroatoms. The third-order valence-corrected chi connectivity index (χ3v) is 1.85. The molecule has 0 aromatic carbocycles. The van der Waals surface area contributed by atoms with E-state index in [9.17, 15) is 9.59 Å². The molecule has 1 N–H and O–H groups in total. The lowest BCUT2D eigenvalue weighted by Crippen LogP contribution is -2.36. The molecule has 0 aliphatic rings. The Morgan fingerprint density at radius 1 is 1.50 bits per heavy atom. The predicted octanol–water partition coefficient (Wildman–Crippen LogP) is 0.794. The highest BCUT2D eigenvalue weighted by atomic mass is 16.4. The number of amides is 1. The molecule has 1 heterocycles. The fraction of sp³-hybridized carbons (Fsp3) is 0.182. The fourth-order valence-corrected chi connectivity index (χ4v) is 1.19. The van der Waals surface area contributed by atoms with Crippen LogP contribution >= 0.6 is 0 Å². The van der Waals surface area contributed by atoms with Gasteiger partial charge in [0.1, 0.15) is 12.2 Å². The second kappa shape index (κ2) is 5.65. The Morgan fingerprint density at radius 3 is 2.75 bits per heavy atom. The highest BCUT2D eigenvalue weighted by Crippen LogP contribution is 2.01. The Balaban J connectivity index is 2.82. The van der Waals surface area contributed by atoms with Crippen LogP contribution in [0.25, 0.3) is 0 Å². The number of aromatic nitrogens is 1. The first kappa shape index (κ1) is 11.9. The molecule has 16 heavy (non-hydrogen) atoms. The summed E-state index contributed by atoms with van der Waals surface area (Å²) in [4.78, 5) is 27.4. The number of carbonyl (C=O) groups is 2. The molecule has 1 aromatic rings. The number of carbonyl (C=O) groups excluding carboxylic acids is 1. The number of carboxylic acids is 1. The van der Waals surface area contributed by atoms with Gasteiger partial charge in [0.05, 0.1) is 0 Å². The number of hydrogen-bond donors (Lipinski definition) is 1. The van der Waals surface area contributed by atoms with Crippen LogP contribution in [0.2, 0.25) is 0 Å². The quantitative estimate of drug-likeness (QED) is 0.745. The van der Waals surface area contributed by atoms with Gasteiger partial charge in [0.25, 0.3) is 5.91 Å². The number of rotatable bonds is 5. The zero-order valence-corrected chi connectivity index (χ0v) is 8.67. The molecule has 1 amide bonds. The van der Waals surface area contributed by atoms with Crippen molar-refractivity contribution in [1.82, 2.24) is 9.88 Å². The van der Waals surface area contributed by atoms with Gasteiger partial charge in [-0.2, -0.15) is 0 Å². The molecule has 0 atom stereocenters. The van der Waals surface area contributed by atoms with Gasteiger partial charge in [0.2, 0.25) is 0 Å². The molecule has 1 rings (SSSR count). The van der Waals surface area contributed by atoms with E-state index in [2.05, 4.69) is 11.6 Å². The van der Waals surface area contributed by atoms with Crippen molar-refractivity contribution < 1.29 is 14.7 Å². The number of aliphatic carboxylic acids is 1. The summed E-state index contributed by atoms with van der Waals surface area (Å²) in [5, 5.41) is 8.66. The van der Waals surface area contributed by atoms with E-state index < -0.39 is 11.9 Å².